The summed E-state index contributed by atoms with van der Waals surface area (Å²) in [5.41, 5.74) is 0. The first kappa shape index (κ1) is 13.5. The zero-order chi connectivity index (χ0) is 12.0. The number of aliphatic carboxylic acids is 1. The molecule has 1 saturated carbocycles. The Hall–Kier alpha value is -0.610. The fourth-order valence-corrected chi connectivity index (χ4v) is 1.94. The second kappa shape index (κ2) is 6.86. The van der Waals surface area contributed by atoms with Crippen molar-refractivity contribution in [3.63, 3.8) is 0 Å². The topological polar surface area (TPSA) is 52.6 Å². The van der Waals surface area contributed by atoms with Crippen LogP contribution in [0, 0.1) is 0 Å². The highest BCUT2D eigenvalue weighted by Crippen LogP contribution is 2.25. The summed E-state index contributed by atoms with van der Waals surface area (Å²) in [5.74, 6) is -0.707. The molecule has 16 heavy (non-hydrogen) atoms. The van der Waals surface area contributed by atoms with Gasteiger partial charge in [0.05, 0.1) is 0 Å². The van der Waals surface area contributed by atoms with E-state index in [0.29, 0.717) is 12.5 Å². The van der Waals surface area contributed by atoms with Gasteiger partial charge < -0.3 is 10.4 Å². The first-order valence-corrected chi connectivity index (χ1v) is 6.32. The third kappa shape index (κ3) is 5.47. The van der Waals surface area contributed by atoms with Crippen molar-refractivity contribution in [2.45, 2.75) is 51.6 Å². The predicted molar refractivity (Wildman–Crippen MR) is 64.6 cm³/mol. The summed E-state index contributed by atoms with van der Waals surface area (Å²) < 4.78 is 0. The van der Waals surface area contributed by atoms with E-state index in [9.17, 15) is 4.79 Å². The first-order chi connectivity index (χ1) is 7.63. The van der Waals surface area contributed by atoms with Crippen molar-refractivity contribution >= 4 is 5.97 Å². The van der Waals surface area contributed by atoms with Gasteiger partial charge in [-0.1, -0.05) is 6.92 Å². The fraction of sp³-hybridized carbons (Fsp3) is 0.917. The van der Waals surface area contributed by atoms with Gasteiger partial charge in [-0.05, 0) is 32.7 Å². The Morgan fingerprint density at radius 2 is 2.25 bits per heavy atom. The number of hydrogen-bond acceptors (Lipinski definition) is 3. The number of carboxylic acids is 1. The number of likely N-dealkylation sites (N-methyl/N-ethyl adjacent to an activating group) is 1. The van der Waals surface area contributed by atoms with Crippen molar-refractivity contribution in [2.75, 3.05) is 19.6 Å². The molecule has 0 aliphatic heterocycles. The number of carboxylic acid groups (broad SMARTS) is 1. The van der Waals surface area contributed by atoms with Crippen molar-refractivity contribution < 1.29 is 9.90 Å². The predicted octanol–water partition coefficient (Wildman–Crippen LogP) is 1.31. The molecule has 4 nitrogen and oxygen atoms in total. The molecule has 0 saturated heterocycles. The standard InChI is InChI=1S/C12H24N2O2/c1-3-14(11-5-6-11)9-8-13-10(2)4-7-12(15)16/h10-11,13H,3-9H2,1-2H3,(H,15,16). The van der Waals surface area contributed by atoms with Crippen LogP contribution >= 0.6 is 0 Å². The van der Waals surface area contributed by atoms with Gasteiger partial charge in [0.1, 0.15) is 0 Å². The van der Waals surface area contributed by atoms with E-state index in [0.717, 1.165) is 25.7 Å². The van der Waals surface area contributed by atoms with E-state index in [-0.39, 0.29) is 6.42 Å². The lowest BCUT2D eigenvalue weighted by Gasteiger charge is -2.21. The number of carbonyl (C=O) groups is 1. The van der Waals surface area contributed by atoms with Crippen LogP contribution in [0.5, 0.6) is 0 Å². The molecule has 1 fully saturated rings. The van der Waals surface area contributed by atoms with Crippen LogP contribution in [0.15, 0.2) is 0 Å². The number of rotatable bonds is 9. The molecular formula is C12H24N2O2. The Bertz CT molecular complexity index is 217. The van der Waals surface area contributed by atoms with Crippen LogP contribution in [-0.2, 0) is 4.79 Å². The minimum atomic E-state index is -0.707. The van der Waals surface area contributed by atoms with Crippen molar-refractivity contribution in [3.05, 3.63) is 0 Å². The minimum Gasteiger partial charge on any atom is -0.481 e. The van der Waals surface area contributed by atoms with Crippen molar-refractivity contribution in [1.29, 1.82) is 0 Å². The lowest BCUT2D eigenvalue weighted by molar-refractivity contribution is -0.137. The van der Waals surface area contributed by atoms with E-state index in [1.807, 2.05) is 0 Å². The van der Waals surface area contributed by atoms with Crippen LogP contribution < -0.4 is 5.32 Å². The highest BCUT2D eigenvalue weighted by atomic mass is 16.4. The highest BCUT2D eigenvalue weighted by Gasteiger charge is 2.27. The quantitative estimate of drug-likeness (QED) is 0.625. The first-order valence-electron chi connectivity index (χ1n) is 6.32. The molecule has 1 rings (SSSR count). The Morgan fingerprint density at radius 1 is 1.56 bits per heavy atom. The van der Waals surface area contributed by atoms with Gasteiger partial charge in [0.2, 0.25) is 0 Å². The van der Waals surface area contributed by atoms with Crippen LogP contribution in [0.4, 0.5) is 0 Å². The maximum absolute atomic E-state index is 10.4. The smallest absolute Gasteiger partial charge is 0.303 e. The van der Waals surface area contributed by atoms with E-state index in [1.165, 1.54) is 12.8 Å². The second-order valence-corrected chi connectivity index (χ2v) is 4.65. The summed E-state index contributed by atoms with van der Waals surface area (Å²) in [7, 11) is 0. The van der Waals surface area contributed by atoms with Gasteiger partial charge in [-0.2, -0.15) is 0 Å². The van der Waals surface area contributed by atoms with Crippen LogP contribution in [0.25, 0.3) is 0 Å². The largest absolute Gasteiger partial charge is 0.481 e. The van der Waals surface area contributed by atoms with E-state index in [4.69, 9.17) is 5.11 Å². The van der Waals surface area contributed by atoms with Gasteiger partial charge in [0.25, 0.3) is 0 Å². The van der Waals surface area contributed by atoms with Crippen molar-refractivity contribution in [1.82, 2.24) is 10.2 Å². The molecule has 0 aromatic carbocycles. The molecule has 4 heteroatoms. The molecule has 1 aliphatic carbocycles. The maximum atomic E-state index is 10.4. The maximum Gasteiger partial charge on any atom is 0.303 e. The molecule has 0 spiro atoms. The Balaban J connectivity index is 2.02. The highest BCUT2D eigenvalue weighted by molar-refractivity contribution is 5.66. The third-order valence-electron chi connectivity index (χ3n) is 3.15. The van der Waals surface area contributed by atoms with Gasteiger partial charge in [-0.3, -0.25) is 9.69 Å². The second-order valence-electron chi connectivity index (χ2n) is 4.65. The van der Waals surface area contributed by atoms with Gasteiger partial charge in [-0.25, -0.2) is 0 Å². The molecule has 1 atom stereocenters. The third-order valence-corrected chi connectivity index (χ3v) is 3.15. The molecule has 1 unspecified atom stereocenters. The summed E-state index contributed by atoms with van der Waals surface area (Å²) in [6.07, 6.45) is 3.67. The summed E-state index contributed by atoms with van der Waals surface area (Å²) in [4.78, 5) is 12.9. The van der Waals surface area contributed by atoms with Crippen LogP contribution in [-0.4, -0.2) is 47.7 Å². The summed E-state index contributed by atoms with van der Waals surface area (Å²) >= 11 is 0. The van der Waals surface area contributed by atoms with Gasteiger partial charge in [0, 0.05) is 31.6 Å². The van der Waals surface area contributed by atoms with Crippen LogP contribution in [0.2, 0.25) is 0 Å². The zero-order valence-corrected chi connectivity index (χ0v) is 10.4. The fourth-order valence-electron chi connectivity index (χ4n) is 1.94. The lowest BCUT2D eigenvalue weighted by atomic mass is 10.2. The molecule has 2 N–H and O–H groups in total. The van der Waals surface area contributed by atoms with E-state index in [1.54, 1.807) is 0 Å². The normalized spacial score (nSPS) is 17.7. The molecule has 94 valence electrons. The van der Waals surface area contributed by atoms with Crippen molar-refractivity contribution in [3.8, 4) is 0 Å². The van der Waals surface area contributed by atoms with Gasteiger partial charge in [-0.15, -0.1) is 0 Å². The number of hydrogen-bond donors (Lipinski definition) is 2. The summed E-state index contributed by atoms with van der Waals surface area (Å²) in [5, 5.41) is 11.9. The molecule has 0 aromatic rings. The Morgan fingerprint density at radius 3 is 2.75 bits per heavy atom. The van der Waals surface area contributed by atoms with E-state index < -0.39 is 5.97 Å². The Kier molecular flexibility index (Phi) is 5.77. The zero-order valence-electron chi connectivity index (χ0n) is 10.4. The average molecular weight is 228 g/mol. The molecule has 0 radical (unpaired) electrons. The van der Waals surface area contributed by atoms with Gasteiger partial charge >= 0.3 is 5.97 Å². The lowest BCUT2D eigenvalue weighted by Crippen LogP contribution is -2.37. The van der Waals surface area contributed by atoms with Crippen LogP contribution in [0.3, 0.4) is 0 Å². The number of nitrogens with one attached hydrogen (secondary N) is 1. The number of nitrogens with zero attached hydrogens (tertiary/aromatic N) is 1. The molecular weight excluding hydrogens is 204 g/mol. The minimum absolute atomic E-state index is 0.258. The molecule has 0 amide bonds. The molecule has 0 heterocycles. The molecule has 1 aliphatic rings. The monoisotopic (exact) mass is 228 g/mol. The van der Waals surface area contributed by atoms with Gasteiger partial charge in [0.15, 0.2) is 0 Å². The summed E-state index contributed by atoms with van der Waals surface area (Å²) in [6, 6.07) is 1.12. The molecule has 0 aromatic heterocycles. The van der Waals surface area contributed by atoms with E-state index >= 15 is 0 Å². The van der Waals surface area contributed by atoms with E-state index in [2.05, 4.69) is 24.1 Å². The average Bonchev–Trinajstić information content (AvgIpc) is 3.05. The Labute approximate surface area is 98.0 Å². The summed E-state index contributed by atoms with van der Waals surface area (Å²) in [6.45, 7) is 7.42. The van der Waals surface area contributed by atoms with Crippen molar-refractivity contribution in [2.24, 2.45) is 0 Å². The SMILES string of the molecule is CCN(CCNC(C)CCC(=O)O)C1CC1. The molecule has 0 bridgehead atoms. The van der Waals surface area contributed by atoms with Crippen LogP contribution in [0.1, 0.15) is 39.5 Å².